The maximum Gasteiger partial charge on any atom is 0.343 e. The number of fused-ring (bicyclic) bond motifs is 3. The highest BCUT2D eigenvalue weighted by molar-refractivity contribution is 5.91. The predicted molar refractivity (Wildman–Crippen MR) is 151 cm³/mol. The Balaban J connectivity index is 1.09. The summed E-state index contributed by atoms with van der Waals surface area (Å²) in [5, 5.41) is 0. The summed E-state index contributed by atoms with van der Waals surface area (Å²) in [6.45, 7) is 15.4. The van der Waals surface area contributed by atoms with Crippen molar-refractivity contribution in [3.8, 4) is 22.6 Å². The van der Waals surface area contributed by atoms with Crippen LogP contribution >= 0.6 is 0 Å². The number of esters is 1. The third-order valence-corrected chi connectivity index (χ3v) is 7.52. The molecule has 1 aliphatic heterocycles. The van der Waals surface area contributed by atoms with E-state index in [-0.39, 0.29) is 11.3 Å². The monoisotopic (exact) mass is 525 g/mol. The molecule has 1 aliphatic carbocycles. The Bertz CT molecular complexity index is 1350. The molecular weight excluding hydrogens is 490 g/mol. The van der Waals surface area contributed by atoms with Gasteiger partial charge in [0.1, 0.15) is 11.5 Å². The zero-order valence-corrected chi connectivity index (χ0v) is 22.7. The van der Waals surface area contributed by atoms with Gasteiger partial charge in [-0.1, -0.05) is 56.7 Å². The van der Waals surface area contributed by atoms with E-state index in [9.17, 15) is 4.79 Å². The second kappa shape index (κ2) is 12.0. The number of hydrogen-bond acceptors (Lipinski definition) is 5. The van der Waals surface area contributed by atoms with Gasteiger partial charge in [-0.25, -0.2) is 9.64 Å². The van der Waals surface area contributed by atoms with E-state index in [1.165, 1.54) is 11.1 Å². The molecule has 202 valence electrons. The fourth-order valence-corrected chi connectivity index (χ4v) is 5.15. The van der Waals surface area contributed by atoms with E-state index in [0.717, 1.165) is 69.0 Å². The van der Waals surface area contributed by atoms with Crippen LogP contribution in [0.25, 0.3) is 16.0 Å². The molecule has 2 aliphatic rings. The number of rotatable bonds is 12. The van der Waals surface area contributed by atoms with Crippen LogP contribution in [-0.2, 0) is 9.47 Å². The van der Waals surface area contributed by atoms with E-state index >= 15 is 0 Å². The summed E-state index contributed by atoms with van der Waals surface area (Å²) in [5.74, 6) is 1.14. The van der Waals surface area contributed by atoms with Crippen molar-refractivity contribution in [3.05, 3.63) is 88.8 Å². The molecule has 1 saturated heterocycles. The van der Waals surface area contributed by atoms with Crippen molar-refractivity contribution in [1.29, 1.82) is 0 Å². The molecule has 1 heterocycles. The lowest BCUT2D eigenvalue weighted by Crippen LogP contribution is -2.43. The van der Waals surface area contributed by atoms with Crippen molar-refractivity contribution in [2.75, 3.05) is 33.0 Å². The van der Waals surface area contributed by atoms with Gasteiger partial charge in [0, 0.05) is 17.9 Å². The zero-order valence-electron chi connectivity index (χ0n) is 22.7. The molecule has 3 aromatic carbocycles. The minimum Gasteiger partial charge on any atom is -0.494 e. The van der Waals surface area contributed by atoms with Gasteiger partial charge in [0.25, 0.3) is 0 Å². The Labute approximate surface area is 230 Å². The van der Waals surface area contributed by atoms with Gasteiger partial charge in [0.05, 0.1) is 38.6 Å². The Morgan fingerprint density at radius 3 is 2.21 bits per heavy atom. The molecule has 1 unspecified atom stereocenters. The van der Waals surface area contributed by atoms with Gasteiger partial charge in [-0.2, -0.15) is 0 Å². The number of benzene rings is 3. The minimum absolute atomic E-state index is 0.170. The molecule has 1 fully saturated rings. The first kappa shape index (κ1) is 26.9. The lowest BCUT2D eigenvalue weighted by molar-refractivity contribution is -0.137. The van der Waals surface area contributed by atoms with Gasteiger partial charge in [0.15, 0.2) is 5.69 Å². The predicted octanol–water partition coefficient (Wildman–Crippen LogP) is 7.58. The smallest absolute Gasteiger partial charge is 0.343 e. The number of ether oxygens (including phenoxy) is 4. The normalized spacial score (nSPS) is 16.5. The number of carbonyl (C=O) groups is 1. The summed E-state index contributed by atoms with van der Waals surface area (Å²) in [5.41, 5.74) is 5.85. The van der Waals surface area contributed by atoms with E-state index in [0.29, 0.717) is 23.6 Å². The Morgan fingerprint density at radius 2 is 1.56 bits per heavy atom. The van der Waals surface area contributed by atoms with Gasteiger partial charge in [-0.15, -0.1) is 0 Å². The van der Waals surface area contributed by atoms with Gasteiger partial charge in [-0.05, 0) is 65.8 Å². The third-order valence-electron chi connectivity index (χ3n) is 7.52. The van der Waals surface area contributed by atoms with E-state index in [4.69, 9.17) is 25.5 Å². The lowest BCUT2D eigenvalue weighted by atomic mass is 9.90. The highest BCUT2D eigenvalue weighted by Gasteiger charge is 2.33. The Kier molecular flexibility index (Phi) is 8.30. The van der Waals surface area contributed by atoms with Gasteiger partial charge < -0.3 is 18.9 Å². The van der Waals surface area contributed by atoms with Gasteiger partial charge in [0.2, 0.25) is 0 Å². The van der Waals surface area contributed by atoms with Crippen LogP contribution in [0.3, 0.4) is 0 Å². The number of carbonyl (C=O) groups excluding carboxylic acids is 1. The standard InChI is InChI=1S/C33H35NO5/c1-23-30-18-26(38-17-7-5-4-6-16-36-20-33(2)21-37-22-33)12-14-28(30)29-15-13-27(19-31(23)29)39-32(35)24-8-10-25(34-3)11-9-24/h8-15,18-19,23H,4-7,16-17,20-22H2,1-2H3. The number of hydrogen-bond donors (Lipinski definition) is 0. The summed E-state index contributed by atoms with van der Waals surface area (Å²) in [7, 11) is 0. The molecular formula is C33H35NO5. The molecule has 0 N–H and O–H groups in total. The topological polar surface area (TPSA) is 58.4 Å². The average Bonchev–Trinajstić information content (AvgIpc) is 3.21. The molecule has 0 spiro atoms. The van der Waals surface area contributed by atoms with E-state index in [1.54, 1.807) is 24.3 Å². The Morgan fingerprint density at radius 1 is 0.923 bits per heavy atom. The van der Waals surface area contributed by atoms with E-state index in [2.05, 4.69) is 30.8 Å². The summed E-state index contributed by atoms with van der Waals surface area (Å²) in [6, 6.07) is 18.6. The van der Waals surface area contributed by atoms with Crippen LogP contribution < -0.4 is 9.47 Å². The summed E-state index contributed by atoms with van der Waals surface area (Å²) in [6.07, 6.45) is 4.37. The largest absolute Gasteiger partial charge is 0.494 e. The van der Waals surface area contributed by atoms with Crippen molar-refractivity contribution < 1.29 is 23.7 Å². The highest BCUT2D eigenvalue weighted by atomic mass is 16.5. The van der Waals surface area contributed by atoms with Crippen LogP contribution in [0.5, 0.6) is 11.5 Å². The van der Waals surface area contributed by atoms with Crippen LogP contribution in [0, 0.1) is 12.0 Å². The van der Waals surface area contributed by atoms with Gasteiger partial charge in [-0.3, -0.25) is 0 Å². The van der Waals surface area contributed by atoms with Crippen LogP contribution in [0.1, 0.15) is 66.9 Å². The molecule has 6 heteroatoms. The molecule has 6 nitrogen and oxygen atoms in total. The molecule has 39 heavy (non-hydrogen) atoms. The lowest BCUT2D eigenvalue weighted by Gasteiger charge is -2.37. The Hall–Kier alpha value is -3.66. The average molecular weight is 526 g/mol. The van der Waals surface area contributed by atoms with Crippen LogP contribution in [0.15, 0.2) is 60.7 Å². The molecule has 0 aromatic heterocycles. The van der Waals surface area contributed by atoms with Crippen molar-refractivity contribution in [2.45, 2.75) is 45.4 Å². The summed E-state index contributed by atoms with van der Waals surface area (Å²) < 4.78 is 22.8. The van der Waals surface area contributed by atoms with Crippen molar-refractivity contribution >= 4 is 11.7 Å². The molecule has 0 amide bonds. The SMILES string of the molecule is [C-]#[N+]c1ccc(C(=O)Oc2ccc3c(c2)C(C)c2cc(OCCCCCCOCC4(C)COC4)ccc2-3)cc1. The molecule has 0 radical (unpaired) electrons. The van der Waals surface area contributed by atoms with Crippen LogP contribution in [-0.4, -0.2) is 39.0 Å². The second-order valence-corrected chi connectivity index (χ2v) is 10.9. The number of nitrogens with zero attached hydrogens (tertiary/aromatic N) is 1. The second-order valence-electron chi connectivity index (χ2n) is 10.9. The summed E-state index contributed by atoms with van der Waals surface area (Å²) >= 11 is 0. The van der Waals surface area contributed by atoms with E-state index < -0.39 is 5.97 Å². The zero-order chi connectivity index (χ0) is 27.2. The minimum atomic E-state index is -0.434. The van der Waals surface area contributed by atoms with Crippen LogP contribution in [0.2, 0.25) is 0 Å². The van der Waals surface area contributed by atoms with Crippen molar-refractivity contribution in [3.63, 3.8) is 0 Å². The molecule has 0 bridgehead atoms. The fraction of sp³-hybridized carbons (Fsp3) is 0.394. The first-order valence-corrected chi connectivity index (χ1v) is 13.7. The maximum absolute atomic E-state index is 12.6. The third kappa shape index (κ3) is 6.33. The van der Waals surface area contributed by atoms with Gasteiger partial charge >= 0.3 is 5.97 Å². The highest BCUT2D eigenvalue weighted by Crippen LogP contribution is 2.47. The van der Waals surface area contributed by atoms with E-state index in [1.807, 2.05) is 24.3 Å². The fourth-order valence-electron chi connectivity index (χ4n) is 5.15. The first-order chi connectivity index (χ1) is 19.0. The van der Waals surface area contributed by atoms with Crippen molar-refractivity contribution in [1.82, 2.24) is 0 Å². The summed E-state index contributed by atoms with van der Waals surface area (Å²) in [4.78, 5) is 16.0. The molecule has 0 saturated carbocycles. The molecule has 5 rings (SSSR count). The van der Waals surface area contributed by atoms with Crippen LogP contribution in [0.4, 0.5) is 5.69 Å². The number of unbranched alkanes of at least 4 members (excludes halogenated alkanes) is 3. The first-order valence-electron chi connectivity index (χ1n) is 13.7. The quantitative estimate of drug-likeness (QED) is 0.106. The maximum atomic E-state index is 12.6. The van der Waals surface area contributed by atoms with Crippen molar-refractivity contribution in [2.24, 2.45) is 5.41 Å². The molecule has 3 aromatic rings. The molecule has 1 atom stereocenters.